The molecule has 0 spiro atoms. The zero-order valence-corrected chi connectivity index (χ0v) is 9.58. The number of ketones is 1. The van der Waals surface area contributed by atoms with Crippen LogP contribution in [0.2, 0.25) is 0 Å². The molecular formula is C12H22O2. The fraction of sp³-hybridized carbons (Fsp3) is 0.917. The summed E-state index contributed by atoms with van der Waals surface area (Å²) in [6, 6.07) is 0. The molecule has 1 aliphatic carbocycles. The largest absolute Gasteiger partial charge is 0.367 e. The van der Waals surface area contributed by atoms with Crippen molar-refractivity contribution in [2.45, 2.75) is 65.1 Å². The molecule has 1 saturated carbocycles. The Kier molecular flexibility index (Phi) is 4.59. The Morgan fingerprint density at radius 3 is 2.36 bits per heavy atom. The maximum Gasteiger partial charge on any atom is 0.164 e. The van der Waals surface area contributed by atoms with Crippen LogP contribution in [-0.4, -0.2) is 18.0 Å². The number of carbonyl (C=O) groups excluding carboxylic acids is 1. The van der Waals surface area contributed by atoms with Crippen molar-refractivity contribution in [3.8, 4) is 0 Å². The van der Waals surface area contributed by atoms with Crippen molar-refractivity contribution in [3.63, 3.8) is 0 Å². The molecule has 1 aliphatic rings. The van der Waals surface area contributed by atoms with E-state index in [9.17, 15) is 4.79 Å². The molecule has 0 aromatic rings. The fourth-order valence-corrected chi connectivity index (χ4v) is 1.99. The number of hydrogen-bond donors (Lipinski definition) is 0. The van der Waals surface area contributed by atoms with Gasteiger partial charge in [0.1, 0.15) is 6.10 Å². The predicted octanol–water partition coefficient (Wildman–Crippen LogP) is 2.95. The third kappa shape index (κ3) is 3.09. The molecular weight excluding hydrogens is 176 g/mol. The van der Waals surface area contributed by atoms with Crippen LogP contribution in [-0.2, 0) is 9.53 Å². The van der Waals surface area contributed by atoms with Crippen LogP contribution in [0.4, 0.5) is 0 Å². The van der Waals surface area contributed by atoms with Gasteiger partial charge in [0.2, 0.25) is 0 Å². The van der Waals surface area contributed by atoms with Gasteiger partial charge in [0.15, 0.2) is 5.78 Å². The van der Waals surface area contributed by atoms with E-state index >= 15 is 0 Å². The summed E-state index contributed by atoms with van der Waals surface area (Å²) in [7, 11) is 0. The van der Waals surface area contributed by atoms with Gasteiger partial charge in [-0.25, -0.2) is 0 Å². The van der Waals surface area contributed by atoms with Crippen LogP contribution < -0.4 is 0 Å². The van der Waals surface area contributed by atoms with E-state index in [0.717, 1.165) is 19.3 Å². The lowest BCUT2D eigenvalue weighted by molar-refractivity contribution is -0.137. The average molecular weight is 198 g/mol. The first kappa shape index (κ1) is 11.7. The van der Waals surface area contributed by atoms with E-state index in [1.165, 1.54) is 12.8 Å². The summed E-state index contributed by atoms with van der Waals surface area (Å²) in [5.41, 5.74) is 0. The Balaban J connectivity index is 2.41. The minimum Gasteiger partial charge on any atom is -0.367 e. The number of rotatable bonds is 5. The lowest BCUT2D eigenvalue weighted by atomic mass is 10.0. The van der Waals surface area contributed by atoms with E-state index in [1.807, 2.05) is 20.8 Å². The van der Waals surface area contributed by atoms with Crippen LogP contribution in [0.5, 0.6) is 0 Å². The van der Waals surface area contributed by atoms with Gasteiger partial charge in [0.25, 0.3) is 0 Å². The van der Waals surface area contributed by atoms with Gasteiger partial charge in [-0.05, 0) is 19.3 Å². The maximum absolute atomic E-state index is 11.7. The summed E-state index contributed by atoms with van der Waals surface area (Å²) < 4.78 is 5.83. The Morgan fingerprint density at radius 1 is 1.36 bits per heavy atom. The summed E-state index contributed by atoms with van der Waals surface area (Å²) >= 11 is 0. The molecule has 2 heteroatoms. The van der Waals surface area contributed by atoms with Crippen molar-refractivity contribution in [2.24, 2.45) is 5.92 Å². The van der Waals surface area contributed by atoms with E-state index in [1.54, 1.807) is 0 Å². The molecule has 1 fully saturated rings. The first-order valence-electron chi connectivity index (χ1n) is 5.84. The van der Waals surface area contributed by atoms with Crippen molar-refractivity contribution in [2.75, 3.05) is 0 Å². The third-order valence-electron chi connectivity index (χ3n) is 2.92. The van der Waals surface area contributed by atoms with E-state index in [-0.39, 0.29) is 17.8 Å². The standard InChI is InChI=1S/C12H22O2/c1-4-11(12(13)9(2)3)14-10-7-5-6-8-10/h9-11H,4-8H2,1-3H3/t11-/m0/s1. The molecule has 0 aliphatic heterocycles. The highest BCUT2D eigenvalue weighted by molar-refractivity contribution is 5.84. The van der Waals surface area contributed by atoms with Gasteiger partial charge in [-0.2, -0.15) is 0 Å². The summed E-state index contributed by atoms with van der Waals surface area (Å²) in [6.45, 7) is 5.92. The molecule has 0 N–H and O–H groups in total. The van der Waals surface area contributed by atoms with Crippen LogP contribution in [0.3, 0.4) is 0 Å². The molecule has 14 heavy (non-hydrogen) atoms. The van der Waals surface area contributed by atoms with Crippen LogP contribution >= 0.6 is 0 Å². The molecule has 0 aromatic heterocycles. The Morgan fingerprint density at radius 2 is 1.93 bits per heavy atom. The summed E-state index contributed by atoms with van der Waals surface area (Å²) in [5.74, 6) is 0.362. The first-order valence-corrected chi connectivity index (χ1v) is 5.84. The van der Waals surface area contributed by atoms with Gasteiger partial charge >= 0.3 is 0 Å². The molecule has 0 heterocycles. The van der Waals surface area contributed by atoms with Crippen molar-refractivity contribution >= 4 is 5.78 Å². The van der Waals surface area contributed by atoms with Crippen molar-refractivity contribution < 1.29 is 9.53 Å². The van der Waals surface area contributed by atoms with Gasteiger partial charge in [-0.1, -0.05) is 33.6 Å². The second-order valence-electron chi connectivity index (χ2n) is 4.50. The average Bonchev–Trinajstić information content (AvgIpc) is 2.65. The van der Waals surface area contributed by atoms with Gasteiger partial charge in [0.05, 0.1) is 6.10 Å². The fourth-order valence-electron chi connectivity index (χ4n) is 1.99. The van der Waals surface area contributed by atoms with Gasteiger partial charge in [-0.3, -0.25) is 4.79 Å². The van der Waals surface area contributed by atoms with E-state index < -0.39 is 0 Å². The topological polar surface area (TPSA) is 26.3 Å². The summed E-state index contributed by atoms with van der Waals surface area (Å²) in [4.78, 5) is 11.7. The minimum absolute atomic E-state index is 0.0985. The molecule has 1 rings (SSSR count). The molecule has 0 saturated heterocycles. The van der Waals surface area contributed by atoms with E-state index in [0.29, 0.717) is 6.10 Å². The van der Waals surface area contributed by atoms with Crippen molar-refractivity contribution in [3.05, 3.63) is 0 Å². The van der Waals surface area contributed by atoms with Gasteiger partial charge in [0, 0.05) is 5.92 Å². The molecule has 1 atom stereocenters. The first-order chi connectivity index (χ1) is 6.65. The summed E-state index contributed by atoms with van der Waals surface area (Å²) in [6.07, 6.45) is 5.81. The highest BCUT2D eigenvalue weighted by Gasteiger charge is 2.25. The van der Waals surface area contributed by atoms with Crippen LogP contribution in [0.15, 0.2) is 0 Å². The highest BCUT2D eigenvalue weighted by Crippen LogP contribution is 2.23. The number of carbonyl (C=O) groups is 1. The molecule has 0 amide bonds. The minimum atomic E-state index is -0.155. The summed E-state index contributed by atoms with van der Waals surface area (Å²) in [5, 5.41) is 0. The Hall–Kier alpha value is -0.370. The molecule has 2 nitrogen and oxygen atoms in total. The van der Waals surface area contributed by atoms with Crippen LogP contribution in [0, 0.1) is 5.92 Å². The Bertz CT molecular complexity index is 181. The smallest absolute Gasteiger partial charge is 0.164 e. The number of hydrogen-bond acceptors (Lipinski definition) is 2. The number of Topliss-reactive ketones (excluding diaryl/α,β-unsaturated/α-hetero) is 1. The second-order valence-corrected chi connectivity index (χ2v) is 4.50. The normalized spacial score (nSPS) is 20.3. The van der Waals surface area contributed by atoms with Crippen molar-refractivity contribution in [1.29, 1.82) is 0 Å². The van der Waals surface area contributed by atoms with E-state index in [4.69, 9.17) is 4.74 Å². The third-order valence-corrected chi connectivity index (χ3v) is 2.92. The lowest BCUT2D eigenvalue weighted by Crippen LogP contribution is -2.30. The van der Waals surface area contributed by atoms with E-state index in [2.05, 4.69) is 0 Å². The zero-order valence-electron chi connectivity index (χ0n) is 9.58. The lowest BCUT2D eigenvalue weighted by Gasteiger charge is -2.21. The zero-order chi connectivity index (χ0) is 10.6. The quantitative estimate of drug-likeness (QED) is 0.679. The SMILES string of the molecule is CC[C@H](OC1CCCC1)C(=O)C(C)C. The van der Waals surface area contributed by atoms with Crippen LogP contribution in [0.1, 0.15) is 52.9 Å². The highest BCUT2D eigenvalue weighted by atomic mass is 16.5. The maximum atomic E-state index is 11.7. The monoisotopic (exact) mass is 198 g/mol. The molecule has 0 radical (unpaired) electrons. The molecule has 82 valence electrons. The number of ether oxygens (including phenoxy) is 1. The Labute approximate surface area is 87.0 Å². The molecule has 0 bridgehead atoms. The van der Waals surface area contributed by atoms with Crippen molar-refractivity contribution in [1.82, 2.24) is 0 Å². The predicted molar refractivity (Wildman–Crippen MR) is 57.3 cm³/mol. The second kappa shape index (κ2) is 5.50. The molecule has 0 aromatic carbocycles. The van der Waals surface area contributed by atoms with Gasteiger partial charge in [-0.15, -0.1) is 0 Å². The van der Waals surface area contributed by atoms with Crippen LogP contribution in [0.25, 0.3) is 0 Å². The molecule has 0 unspecified atom stereocenters. The van der Waals surface area contributed by atoms with Gasteiger partial charge < -0.3 is 4.74 Å².